The van der Waals surface area contributed by atoms with E-state index in [0.29, 0.717) is 12.8 Å². The van der Waals surface area contributed by atoms with Crippen molar-refractivity contribution in [1.29, 1.82) is 0 Å². The summed E-state index contributed by atoms with van der Waals surface area (Å²) in [6, 6.07) is 0. The van der Waals surface area contributed by atoms with E-state index in [1.165, 1.54) is 77.0 Å². The number of rotatable bonds is 38. The maximum atomic E-state index is 12.6. The first-order valence-corrected chi connectivity index (χ1v) is 21.8. The Morgan fingerprint density at radius 3 is 1.15 bits per heavy atom. The number of allylic oxidation sites excluding steroid dienone is 9. The molecule has 0 N–H and O–H groups in total. The lowest BCUT2D eigenvalue weighted by Gasteiger charge is -2.18. The van der Waals surface area contributed by atoms with Crippen LogP contribution in [-0.2, 0) is 28.6 Å². The molecule has 0 aromatic rings. The highest BCUT2D eigenvalue weighted by Gasteiger charge is 2.19. The average molecular weight is 741 g/mol. The lowest BCUT2D eigenvalue weighted by molar-refractivity contribution is -0.166. The lowest BCUT2D eigenvalue weighted by atomic mass is 10.0. The normalized spacial score (nSPS) is 12.6. The monoisotopic (exact) mass is 741 g/mol. The summed E-state index contributed by atoms with van der Waals surface area (Å²) in [6.07, 6.45) is 49.7. The average Bonchev–Trinajstić information content (AvgIpc) is 3.15. The van der Waals surface area contributed by atoms with Crippen LogP contribution in [0.3, 0.4) is 0 Å². The van der Waals surface area contributed by atoms with Crippen LogP contribution in [-0.4, -0.2) is 37.2 Å². The largest absolute Gasteiger partial charge is 0.462 e. The van der Waals surface area contributed by atoms with Gasteiger partial charge in [0.25, 0.3) is 0 Å². The highest BCUT2D eigenvalue weighted by molar-refractivity contribution is 5.72. The number of carbonyl (C=O) groups is 3. The van der Waals surface area contributed by atoms with Crippen molar-refractivity contribution in [3.8, 4) is 0 Å². The molecule has 0 aliphatic rings. The summed E-state index contributed by atoms with van der Waals surface area (Å²) in [7, 11) is 0. The predicted octanol–water partition coefficient (Wildman–Crippen LogP) is 13.7. The number of esters is 3. The number of carbonyl (C=O) groups excluding carboxylic acids is 3. The van der Waals surface area contributed by atoms with Crippen LogP contribution in [0.4, 0.5) is 0 Å². The molecule has 0 aromatic heterocycles. The molecule has 0 aliphatic heterocycles. The van der Waals surface area contributed by atoms with E-state index in [0.717, 1.165) is 83.5 Å². The van der Waals surface area contributed by atoms with Crippen molar-refractivity contribution in [2.75, 3.05) is 13.2 Å². The van der Waals surface area contributed by atoms with Crippen LogP contribution in [0.25, 0.3) is 0 Å². The van der Waals surface area contributed by atoms with E-state index in [1.54, 1.807) is 6.08 Å². The summed E-state index contributed by atoms with van der Waals surface area (Å²) in [6.45, 7) is 6.33. The van der Waals surface area contributed by atoms with Gasteiger partial charge in [0.15, 0.2) is 6.10 Å². The number of hydrogen-bond acceptors (Lipinski definition) is 6. The minimum absolute atomic E-state index is 0.104. The van der Waals surface area contributed by atoms with Crippen LogP contribution in [0.2, 0.25) is 0 Å². The van der Waals surface area contributed by atoms with Gasteiger partial charge in [0, 0.05) is 12.8 Å². The first-order chi connectivity index (χ1) is 26.0. The first-order valence-electron chi connectivity index (χ1n) is 21.8. The zero-order valence-corrected chi connectivity index (χ0v) is 34.5. The highest BCUT2D eigenvalue weighted by atomic mass is 16.6. The van der Waals surface area contributed by atoms with E-state index < -0.39 is 12.1 Å². The van der Waals surface area contributed by atoms with Crippen molar-refractivity contribution in [2.45, 2.75) is 207 Å². The molecule has 6 heteroatoms. The van der Waals surface area contributed by atoms with Gasteiger partial charge < -0.3 is 14.2 Å². The van der Waals surface area contributed by atoms with Gasteiger partial charge in [-0.2, -0.15) is 0 Å². The second-order valence-electron chi connectivity index (χ2n) is 14.3. The number of ether oxygens (including phenoxy) is 3. The van der Waals surface area contributed by atoms with Gasteiger partial charge in [-0.25, -0.2) is 0 Å². The fourth-order valence-electron chi connectivity index (χ4n) is 5.81. The molecule has 0 spiro atoms. The van der Waals surface area contributed by atoms with Crippen LogP contribution in [0.1, 0.15) is 201 Å². The van der Waals surface area contributed by atoms with Crippen LogP contribution in [0.15, 0.2) is 60.8 Å². The van der Waals surface area contributed by atoms with E-state index in [1.807, 2.05) is 6.08 Å². The Bertz CT molecular complexity index is 991. The molecule has 0 saturated carbocycles. The molecule has 0 fully saturated rings. The van der Waals surface area contributed by atoms with Crippen molar-refractivity contribution in [2.24, 2.45) is 0 Å². The van der Waals surface area contributed by atoms with Gasteiger partial charge in [-0.15, -0.1) is 0 Å². The zero-order chi connectivity index (χ0) is 38.7. The molecule has 304 valence electrons. The topological polar surface area (TPSA) is 78.9 Å². The van der Waals surface area contributed by atoms with Crippen LogP contribution < -0.4 is 0 Å². The minimum atomic E-state index is -0.805. The Kier molecular flexibility index (Phi) is 39.6. The second-order valence-corrected chi connectivity index (χ2v) is 14.3. The smallest absolute Gasteiger partial charge is 0.309 e. The van der Waals surface area contributed by atoms with E-state index in [-0.39, 0.29) is 31.6 Å². The second kappa shape index (κ2) is 41.9. The quantitative estimate of drug-likeness (QED) is 0.0271. The summed E-state index contributed by atoms with van der Waals surface area (Å²) in [5.74, 6) is -1.05. The minimum Gasteiger partial charge on any atom is -0.462 e. The zero-order valence-electron chi connectivity index (χ0n) is 34.5. The third-order valence-corrected chi connectivity index (χ3v) is 9.07. The van der Waals surface area contributed by atoms with Gasteiger partial charge in [-0.1, -0.05) is 197 Å². The molecule has 53 heavy (non-hydrogen) atoms. The van der Waals surface area contributed by atoms with Crippen LogP contribution in [0.5, 0.6) is 0 Å². The van der Waals surface area contributed by atoms with Crippen molar-refractivity contribution in [1.82, 2.24) is 0 Å². The van der Waals surface area contributed by atoms with Gasteiger partial charge in [0.05, 0.1) is 6.42 Å². The molecule has 0 saturated heterocycles. The van der Waals surface area contributed by atoms with Crippen molar-refractivity contribution >= 4 is 17.9 Å². The predicted molar refractivity (Wildman–Crippen MR) is 224 cm³/mol. The SMILES string of the molecule is CC/C=C\C/C=C\C/C=C\C/C=C\C/C=C\CC(=O)OCC(COC(=O)CCCCCCC)OC(=O)CCCCCCCCCCCCCCCCC. The summed E-state index contributed by atoms with van der Waals surface area (Å²) in [5, 5.41) is 0. The van der Waals surface area contributed by atoms with E-state index >= 15 is 0 Å². The summed E-state index contributed by atoms with van der Waals surface area (Å²) in [5.41, 5.74) is 0. The molecular weight excluding hydrogens is 661 g/mol. The van der Waals surface area contributed by atoms with Gasteiger partial charge in [-0.3, -0.25) is 14.4 Å². The molecule has 0 rings (SSSR count). The molecule has 1 atom stereocenters. The fourth-order valence-corrected chi connectivity index (χ4v) is 5.81. The third-order valence-electron chi connectivity index (χ3n) is 9.07. The van der Waals surface area contributed by atoms with Gasteiger partial charge in [0.1, 0.15) is 13.2 Å². The number of hydrogen-bond donors (Lipinski definition) is 0. The van der Waals surface area contributed by atoms with Gasteiger partial charge >= 0.3 is 17.9 Å². The molecule has 0 amide bonds. The van der Waals surface area contributed by atoms with Crippen LogP contribution >= 0.6 is 0 Å². The van der Waals surface area contributed by atoms with Gasteiger partial charge in [0.2, 0.25) is 0 Å². The van der Waals surface area contributed by atoms with Gasteiger partial charge in [-0.05, 0) is 44.9 Å². The van der Waals surface area contributed by atoms with Crippen molar-refractivity contribution < 1.29 is 28.6 Å². The maximum absolute atomic E-state index is 12.6. The Hall–Kier alpha value is -2.89. The molecule has 0 heterocycles. The van der Waals surface area contributed by atoms with Crippen molar-refractivity contribution in [3.05, 3.63) is 60.8 Å². The Morgan fingerprint density at radius 1 is 0.396 bits per heavy atom. The Balaban J connectivity index is 4.37. The molecular formula is C47H80O6. The van der Waals surface area contributed by atoms with E-state index in [4.69, 9.17) is 14.2 Å². The summed E-state index contributed by atoms with van der Waals surface area (Å²) < 4.78 is 16.5. The summed E-state index contributed by atoms with van der Waals surface area (Å²) in [4.78, 5) is 37.4. The van der Waals surface area contributed by atoms with E-state index in [2.05, 4.69) is 69.4 Å². The van der Waals surface area contributed by atoms with Crippen LogP contribution in [0, 0.1) is 0 Å². The number of unbranched alkanes of at least 4 members (excludes halogenated alkanes) is 18. The highest BCUT2D eigenvalue weighted by Crippen LogP contribution is 2.14. The Labute approximate surface area is 326 Å². The molecule has 0 bridgehead atoms. The fraction of sp³-hybridized carbons (Fsp3) is 0.723. The maximum Gasteiger partial charge on any atom is 0.309 e. The molecule has 0 aliphatic carbocycles. The molecule has 0 aromatic carbocycles. The molecule has 6 nitrogen and oxygen atoms in total. The lowest BCUT2D eigenvalue weighted by Crippen LogP contribution is -2.30. The molecule has 1 unspecified atom stereocenters. The Morgan fingerprint density at radius 2 is 0.736 bits per heavy atom. The third kappa shape index (κ3) is 40.1. The van der Waals surface area contributed by atoms with Crippen molar-refractivity contribution in [3.63, 3.8) is 0 Å². The summed E-state index contributed by atoms with van der Waals surface area (Å²) >= 11 is 0. The molecule has 0 radical (unpaired) electrons. The standard InChI is InChI=1S/C47H80O6/c1-4-7-10-13-15-17-19-21-23-25-27-29-31-34-37-40-46(49)52-43-44(42-51-45(48)39-36-33-12-9-6-3)53-47(50)41-38-35-32-30-28-26-24-22-20-18-16-14-11-8-5-2/h7,10,15,17,21,23,27,29,34,37,44H,4-6,8-9,11-14,16,18-20,22,24-26,28,30-33,35-36,38-43H2,1-3H3/b10-7-,17-15-,23-21-,29-27-,37-34-. The van der Waals surface area contributed by atoms with E-state index in [9.17, 15) is 14.4 Å². The first kappa shape index (κ1) is 50.1.